The summed E-state index contributed by atoms with van der Waals surface area (Å²) in [6, 6.07) is 18.2. The van der Waals surface area contributed by atoms with Crippen molar-refractivity contribution in [1.82, 2.24) is 4.90 Å². The number of hydrogen-bond acceptors (Lipinski definition) is 9. The second kappa shape index (κ2) is 10.5. The fraction of sp³-hybridized carbons (Fsp3) is 0.0417. The predicted molar refractivity (Wildman–Crippen MR) is 136 cm³/mol. The minimum Gasteiger partial charge on any atom is -0.423 e. The maximum Gasteiger partial charge on any atom is 0.344 e. The van der Waals surface area contributed by atoms with E-state index in [0.29, 0.717) is 21.3 Å². The topological polar surface area (TPSA) is 133 Å². The Balaban J connectivity index is 1.53. The van der Waals surface area contributed by atoms with Gasteiger partial charge in [0.15, 0.2) is 0 Å². The van der Waals surface area contributed by atoms with Gasteiger partial charge in [-0.1, -0.05) is 66.4 Å². The number of benzene rings is 3. The number of rotatable bonds is 7. The summed E-state index contributed by atoms with van der Waals surface area (Å²) in [5.74, 6) is -1.17. The molecule has 0 radical (unpaired) electrons. The lowest BCUT2D eigenvalue weighted by Gasteiger charge is -2.14. The fourth-order valence-electron chi connectivity index (χ4n) is 3.31. The maximum atomic E-state index is 12.9. The summed E-state index contributed by atoms with van der Waals surface area (Å²) in [4.78, 5) is 47.8. The zero-order valence-electron chi connectivity index (χ0n) is 18.2. The molecule has 0 aliphatic carbocycles. The Hall–Kier alpha value is -4.42. The van der Waals surface area contributed by atoms with Crippen molar-refractivity contribution >= 4 is 57.6 Å². The average Bonchev–Trinajstić information content (AvgIpc) is 3.11. The molecule has 3 aromatic carbocycles. The van der Waals surface area contributed by atoms with Gasteiger partial charge in [-0.15, -0.1) is 0 Å². The zero-order chi connectivity index (χ0) is 25.8. The van der Waals surface area contributed by atoms with Gasteiger partial charge in [-0.3, -0.25) is 29.9 Å². The van der Waals surface area contributed by atoms with Crippen molar-refractivity contribution in [3.8, 4) is 5.75 Å². The highest BCUT2D eigenvalue weighted by molar-refractivity contribution is 8.26. The Kier molecular flexibility index (Phi) is 7.17. The van der Waals surface area contributed by atoms with Gasteiger partial charge in [0.05, 0.1) is 32.9 Å². The van der Waals surface area contributed by atoms with E-state index in [-0.39, 0.29) is 17.2 Å². The van der Waals surface area contributed by atoms with Gasteiger partial charge in [0.1, 0.15) is 10.1 Å². The number of hydrogen-bond donors (Lipinski definition) is 0. The molecule has 1 heterocycles. The van der Waals surface area contributed by atoms with Crippen molar-refractivity contribution in [2.75, 3.05) is 0 Å². The van der Waals surface area contributed by atoms with Crippen molar-refractivity contribution < 1.29 is 24.2 Å². The maximum absolute atomic E-state index is 12.9. The normalized spacial score (nSPS) is 14.2. The third kappa shape index (κ3) is 5.62. The van der Waals surface area contributed by atoms with Crippen LogP contribution >= 0.6 is 24.0 Å². The highest BCUT2D eigenvalue weighted by atomic mass is 32.2. The quantitative estimate of drug-likeness (QED) is 0.104. The first-order valence-corrected chi connectivity index (χ1v) is 11.5. The van der Waals surface area contributed by atoms with Gasteiger partial charge in [0.2, 0.25) is 0 Å². The van der Waals surface area contributed by atoms with E-state index >= 15 is 0 Å². The van der Waals surface area contributed by atoms with Crippen LogP contribution in [0.25, 0.3) is 6.08 Å². The summed E-state index contributed by atoms with van der Waals surface area (Å²) in [5.41, 5.74) is -0.0798. The van der Waals surface area contributed by atoms with E-state index in [1.807, 2.05) is 30.3 Å². The Bertz CT molecular complexity index is 1410. The van der Waals surface area contributed by atoms with Crippen LogP contribution in [0, 0.1) is 20.2 Å². The van der Waals surface area contributed by atoms with Crippen LogP contribution in [-0.2, 0) is 11.3 Å². The molecule has 0 N–H and O–H groups in total. The summed E-state index contributed by atoms with van der Waals surface area (Å²) in [6.07, 6.45) is 1.61. The fourth-order valence-corrected chi connectivity index (χ4v) is 4.57. The standard InChI is InChI=1S/C24H15N3O7S2/c28-22-21(36-24(35)25(22)14-15-5-2-1-3-6-15)10-16-7-4-8-20(9-16)34-23(29)17-11-18(26(30)31)13-19(12-17)27(32)33/h1-13H,14H2/b21-10-. The highest BCUT2D eigenvalue weighted by Crippen LogP contribution is 2.34. The molecule has 3 aromatic rings. The van der Waals surface area contributed by atoms with E-state index in [9.17, 15) is 29.8 Å². The Labute approximate surface area is 213 Å². The van der Waals surface area contributed by atoms with Crippen LogP contribution in [0.3, 0.4) is 0 Å². The van der Waals surface area contributed by atoms with Crippen molar-refractivity contribution in [3.05, 3.63) is 115 Å². The van der Waals surface area contributed by atoms with Crippen LogP contribution in [0.5, 0.6) is 5.75 Å². The first-order valence-electron chi connectivity index (χ1n) is 10.3. The molecule has 1 aliphatic rings. The van der Waals surface area contributed by atoms with E-state index in [2.05, 4.69) is 0 Å². The molecule has 4 rings (SSSR count). The number of thiocarbonyl (C=S) groups is 1. The molecule has 0 saturated carbocycles. The number of thioether (sulfide) groups is 1. The summed E-state index contributed by atoms with van der Waals surface area (Å²) < 4.78 is 5.70. The molecule has 1 fully saturated rings. The van der Waals surface area contributed by atoms with Gasteiger partial charge in [0.25, 0.3) is 17.3 Å². The van der Waals surface area contributed by atoms with Crippen LogP contribution in [0.1, 0.15) is 21.5 Å². The van der Waals surface area contributed by atoms with Gasteiger partial charge in [-0.25, -0.2) is 4.79 Å². The zero-order valence-corrected chi connectivity index (χ0v) is 19.9. The highest BCUT2D eigenvalue weighted by Gasteiger charge is 2.32. The van der Waals surface area contributed by atoms with Gasteiger partial charge < -0.3 is 4.74 Å². The molecule has 1 aliphatic heterocycles. The molecule has 12 heteroatoms. The first kappa shape index (κ1) is 24.7. The minimum absolute atomic E-state index is 0.0858. The number of non-ortho nitro benzene ring substituents is 2. The van der Waals surface area contributed by atoms with Gasteiger partial charge in [-0.05, 0) is 29.3 Å². The third-order valence-corrected chi connectivity index (χ3v) is 6.36. The number of carbonyl (C=O) groups excluding carboxylic acids is 2. The van der Waals surface area contributed by atoms with Crippen molar-refractivity contribution in [2.45, 2.75) is 6.54 Å². The summed E-state index contributed by atoms with van der Waals surface area (Å²) in [7, 11) is 0. The van der Waals surface area contributed by atoms with Crippen LogP contribution in [0.15, 0.2) is 77.7 Å². The van der Waals surface area contributed by atoms with Crippen LogP contribution < -0.4 is 4.74 Å². The number of carbonyl (C=O) groups is 2. The number of nitro benzene ring substituents is 2. The molecule has 0 aromatic heterocycles. The molecular weight excluding hydrogens is 506 g/mol. The Morgan fingerprint density at radius 3 is 2.28 bits per heavy atom. The molecule has 1 amide bonds. The van der Waals surface area contributed by atoms with E-state index in [1.165, 1.54) is 17.0 Å². The average molecular weight is 522 g/mol. The van der Waals surface area contributed by atoms with Crippen LogP contribution in [-0.4, -0.2) is 30.9 Å². The van der Waals surface area contributed by atoms with Crippen molar-refractivity contribution in [2.24, 2.45) is 0 Å². The summed E-state index contributed by atoms with van der Waals surface area (Å²) in [5, 5.41) is 22.2. The van der Waals surface area contributed by atoms with Gasteiger partial charge >= 0.3 is 5.97 Å². The third-order valence-electron chi connectivity index (χ3n) is 4.98. The second-order valence-electron chi connectivity index (χ2n) is 7.47. The van der Waals surface area contributed by atoms with E-state index in [0.717, 1.165) is 35.5 Å². The summed E-state index contributed by atoms with van der Waals surface area (Å²) >= 11 is 6.52. The predicted octanol–water partition coefficient (Wildman–Crippen LogP) is 5.12. The molecule has 0 atom stereocenters. The second-order valence-corrected chi connectivity index (χ2v) is 9.14. The lowest BCUT2D eigenvalue weighted by atomic mass is 10.1. The lowest BCUT2D eigenvalue weighted by Crippen LogP contribution is -2.27. The Morgan fingerprint density at radius 1 is 0.972 bits per heavy atom. The number of nitro groups is 2. The lowest BCUT2D eigenvalue weighted by molar-refractivity contribution is -0.394. The van der Waals surface area contributed by atoms with Crippen LogP contribution in [0.4, 0.5) is 11.4 Å². The largest absolute Gasteiger partial charge is 0.423 e. The first-order chi connectivity index (χ1) is 17.2. The Morgan fingerprint density at radius 2 is 1.64 bits per heavy atom. The minimum atomic E-state index is -1.01. The SMILES string of the molecule is O=C(Oc1cccc(/C=C2\SC(=S)N(Cc3ccccc3)C2=O)c1)c1cc([N+](=O)[O-])cc([N+](=O)[O-])c1. The van der Waals surface area contributed by atoms with Gasteiger partial charge in [0, 0.05) is 12.1 Å². The molecule has 0 bridgehead atoms. The van der Waals surface area contributed by atoms with Gasteiger partial charge in [-0.2, -0.15) is 0 Å². The van der Waals surface area contributed by atoms with E-state index in [4.69, 9.17) is 17.0 Å². The number of ether oxygens (including phenoxy) is 1. The molecule has 10 nitrogen and oxygen atoms in total. The molecule has 0 unspecified atom stereocenters. The molecule has 1 saturated heterocycles. The monoisotopic (exact) mass is 521 g/mol. The molecule has 0 spiro atoms. The number of nitrogens with zero attached hydrogens (tertiary/aromatic N) is 3. The van der Waals surface area contributed by atoms with Crippen LogP contribution in [0.2, 0.25) is 0 Å². The number of amides is 1. The van der Waals surface area contributed by atoms with Crippen molar-refractivity contribution in [3.63, 3.8) is 0 Å². The molecule has 180 valence electrons. The smallest absolute Gasteiger partial charge is 0.344 e. The molecular formula is C24H15N3O7S2. The summed E-state index contributed by atoms with van der Waals surface area (Å²) in [6.45, 7) is 0.343. The van der Waals surface area contributed by atoms with E-state index in [1.54, 1.807) is 18.2 Å². The van der Waals surface area contributed by atoms with E-state index < -0.39 is 27.2 Å². The number of esters is 1. The van der Waals surface area contributed by atoms with Crippen molar-refractivity contribution in [1.29, 1.82) is 0 Å². The molecule has 36 heavy (non-hydrogen) atoms.